The van der Waals surface area contributed by atoms with E-state index in [1.54, 1.807) is 7.11 Å². The normalized spacial score (nSPS) is 16.9. The maximum absolute atomic E-state index is 5.94. The fourth-order valence-corrected chi connectivity index (χ4v) is 2.50. The van der Waals surface area contributed by atoms with Crippen molar-refractivity contribution in [1.29, 1.82) is 0 Å². The Bertz CT molecular complexity index is 432. The Labute approximate surface area is 127 Å². The number of methoxy groups -OCH3 is 1. The third-order valence-electron chi connectivity index (χ3n) is 3.87. The van der Waals surface area contributed by atoms with Crippen molar-refractivity contribution in [2.45, 2.75) is 6.54 Å². The molecule has 0 atom stereocenters. The van der Waals surface area contributed by atoms with Gasteiger partial charge in [-0.25, -0.2) is 0 Å². The van der Waals surface area contributed by atoms with Crippen molar-refractivity contribution >= 4 is 0 Å². The molecule has 1 fully saturated rings. The van der Waals surface area contributed by atoms with Crippen molar-refractivity contribution in [3.05, 3.63) is 23.8 Å². The van der Waals surface area contributed by atoms with Crippen molar-refractivity contribution in [1.82, 2.24) is 15.1 Å². The molecule has 5 heteroatoms. The minimum Gasteiger partial charge on any atom is -0.493 e. The number of ether oxygens (including phenoxy) is 2. The Morgan fingerprint density at radius 3 is 2.57 bits per heavy atom. The van der Waals surface area contributed by atoms with Crippen molar-refractivity contribution < 1.29 is 9.47 Å². The van der Waals surface area contributed by atoms with Gasteiger partial charge in [0.05, 0.1) is 7.11 Å². The van der Waals surface area contributed by atoms with Gasteiger partial charge >= 0.3 is 0 Å². The van der Waals surface area contributed by atoms with Crippen molar-refractivity contribution in [3.63, 3.8) is 0 Å². The number of nitrogens with one attached hydrogen (secondary N) is 1. The average Bonchev–Trinajstić information content (AvgIpc) is 2.50. The van der Waals surface area contributed by atoms with Crippen LogP contribution in [0, 0.1) is 0 Å². The van der Waals surface area contributed by atoms with Gasteiger partial charge in [0.2, 0.25) is 0 Å². The second kappa shape index (κ2) is 8.22. The van der Waals surface area contributed by atoms with Gasteiger partial charge in [0.15, 0.2) is 11.5 Å². The van der Waals surface area contributed by atoms with Gasteiger partial charge in [0.25, 0.3) is 0 Å². The van der Waals surface area contributed by atoms with E-state index in [4.69, 9.17) is 9.47 Å². The van der Waals surface area contributed by atoms with Gasteiger partial charge in [-0.3, -0.25) is 4.90 Å². The predicted molar refractivity (Wildman–Crippen MR) is 85.2 cm³/mol. The molecule has 0 unspecified atom stereocenters. The number of rotatable bonds is 7. The Morgan fingerprint density at radius 1 is 1.14 bits per heavy atom. The summed E-state index contributed by atoms with van der Waals surface area (Å²) in [7, 11) is 5.80. The van der Waals surface area contributed by atoms with Gasteiger partial charge < -0.3 is 19.7 Å². The van der Waals surface area contributed by atoms with E-state index in [1.165, 1.54) is 5.56 Å². The number of nitrogens with zero attached hydrogens (tertiary/aromatic N) is 2. The van der Waals surface area contributed by atoms with Crippen LogP contribution in [0.3, 0.4) is 0 Å². The van der Waals surface area contributed by atoms with Gasteiger partial charge in [0.1, 0.15) is 6.61 Å². The summed E-state index contributed by atoms with van der Waals surface area (Å²) >= 11 is 0. The standard InChI is InChI=1S/C16H27N3O2/c1-17-13-14-4-5-15(20-3)16(12-14)21-11-10-19-8-6-18(2)7-9-19/h4-5,12,17H,6-11,13H2,1-3H3. The van der Waals surface area contributed by atoms with Crippen LogP contribution in [-0.4, -0.2) is 70.3 Å². The molecule has 0 spiro atoms. The molecule has 21 heavy (non-hydrogen) atoms. The third kappa shape index (κ3) is 4.88. The molecule has 1 aromatic rings. The summed E-state index contributed by atoms with van der Waals surface area (Å²) < 4.78 is 11.3. The second-order valence-corrected chi connectivity index (χ2v) is 5.51. The highest BCUT2D eigenvalue weighted by Crippen LogP contribution is 2.28. The molecule has 0 amide bonds. The molecule has 5 nitrogen and oxygen atoms in total. The quantitative estimate of drug-likeness (QED) is 0.813. The summed E-state index contributed by atoms with van der Waals surface area (Å²) in [6.45, 7) is 7.02. The molecule has 0 radical (unpaired) electrons. The van der Waals surface area contributed by atoms with E-state index in [0.717, 1.165) is 50.8 Å². The molecule has 1 aliphatic rings. The molecular weight excluding hydrogens is 266 g/mol. The Balaban J connectivity index is 1.85. The van der Waals surface area contributed by atoms with Crippen LogP contribution in [0.1, 0.15) is 5.56 Å². The molecule has 1 saturated heterocycles. The third-order valence-corrected chi connectivity index (χ3v) is 3.87. The Kier molecular flexibility index (Phi) is 6.29. The number of piperazine rings is 1. The smallest absolute Gasteiger partial charge is 0.161 e. The fourth-order valence-electron chi connectivity index (χ4n) is 2.50. The fraction of sp³-hybridized carbons (Fsp3) is 0.625. The van der Waals surface area contributed by atoms with Crippen LogP contribution in [0.25, 0.3) is 0 Å². The molecular formula is C16H27N3O2. The lowest BCUT2D eigenvalue weighted by molar-refractivity contribution is 0.133. The molecule has 118 valence electrons. The Morgan fingerprint density at radius 2 is 1.90 bits per heavy atom. The van der Waals surface area contributed by atoms with E-state index < -0.39 is 0 Å². The second-order valence-electron chi connectivity index (χ2n) is 5.51. The first-order valence-corrected chi connectivity index (χ1v) is 7.58. The van der Waals surface area contributed by atoms with Crippen LogP contribution in [-0.2, 0) is 6.54 Å². The number of likely N-dealkylation sites (N-methyl/N-ethyl adjacent to an activating group) is 1. The average molecular weight is 293 g/mol. The van der Waals surface area contributed by atoms with Crippen LogP contribution >= 0.6 is 0 Å². The van der Waals surface area contributed by atoms with Gasteiger partial charge in [-0.05, 0) is 31.8 Å². The van der Waals surface area contributed by atoms with Crippen molar-refractivity contribution in [2.24, 2.45) is 0 Å². The van der Waals surface area contributed by atoms with Crippen molar-refractivity contribution in [2.75, 3.05) is 60.5 Å². The minimum absolute atomic E-state index is 0.698. The lowest BCUT2D eigenvalue weighted by Gasteiger charge is -2.32. The van der Waals surface area contributed by atoms with Gasteiger partial charge in [-0.1, -0.05) is 6.07 Å². The summed E-state index contributed by atoms with van der Waals surface area (Å²) in [5, 5.41) is 3.15. The first kappa shape index (κ1) is 16.1. The van der Waals surface area contributed by atoms with Gasteiger partial charge in [-0.15, -0.1) is 0 Å². The van der Waals surface area contributed by atoms with E-state index in [1.807, 2.05) is 13.1 Å². The minimum atomic E-state index is 0.698. The topological polar surface area (TPSA) is 37.0 Å². The largest absolute Gasteiger partial charge is 0.493 e. The molecule has 1 N–H and O–H groups in total. The summed E-state index contributed by atoms with van der Waals surface area (Å²) in [5.74, 6) is 1.63. The van der Waals surface area contributed by atoms with Gasteiger partial charge in [-0.2, -0.15) is 0 Å². The first-order chi connectivity index (χ1) is 10.2. The maximum Gasteiger partial charge on any atom is 0.161 e. The molecule has 1 aliphatic heterocycles. The molecule has 0 aromatic heterocycles. The molecule has 0 aliphatic carbocycles. The van der Waals surface area contributed by atoms with E-state index in [0.29, 0.717) is 6.61 Å². The molecule has 0 saturated carbocycles. The van der Waals surface area contributed by atoms with Crippen molar-refractivity contribution in [3.8, 4) is 11.5 Å². The summed E-state index contributed by atoms with van der Waals surface area (Å²) in [6.07, 6.45) is 0. The summed E-state index contributed by atoms with van der Waals surface area (Å²) in [4.78, 5) is 4.81. The molecule has 1 heterocycles. The highest BCUT2D eigenvalue weighted by molar-refractivity contribution is 5.42. The highest BCUT2D eigenvalue weighted by atomic mass is 16.5. The van der Waals surface area contributed by atoms with E-state index in [-0.39, 0.29) is 0 Å². The van der Waals surface area contributed by atoms with Crippen LogP contribution in [0.5, 0.6) is 11.5 Å². The van der Waals surface area contributed by atoms with E-state index >= 15 is 0 Å². The van der Waals surface area contributed by atoms with E-state index in [9.17, 15) is 0 Å². The lowest BCUT2D eigenvalue weighted by Crippen LogP contribution is -2.45. The lowest BCUT2D eigenvalue weighted by atomic mass is 10.2. The number of benzene rings is 1. The number of hydrogen-bond acceptors (Lipinski definition) is 5. The first-order valence-electron chi connectivity index (χ1n) is 7.58. The zero-order valence-electron chi connectivity index (χ0n) is 13.4. The molecule has 0 bridgehead atoms. The van der Waals surface area contributed by atoms with Crippen LogP contribution in [0.2, 0.25) is 0 Å². The summed E-state index contributed by atoms with van der Waals surface area (Å²) in [5.41, 5.74) is 1.20. The van der Waals surface area contributed by atoms with Crippen LogP contribution < -0.4 is 14.8 Å². The Hall–Kier alpha value is -1.30. The zero-order chi connectivity index (χ0) is 15.1. The SMILES string of the molecule is CNCc1ccc(OC)c(OCCN2CCN(C)CC2)c1. The zero-order valence-corrected chi connectivity index (χ0v) is 13.4. The van der Waals surface area contributed by atoms with Crippen LogP contribution in [0.4, 0.5) is 0 Å². The molecule has 2 rings (SSSR count). The highest BCUT2D eigenvalue weighted by Gasteiger charge is 2.13. The predicted octanol–water partition coefficient (Wildman–Crippen LogP) is 1.04. The number of hydrogen-bond donors (Lipinski definition) is 1. The molecule has 1 aromatic carbocycles. The summed E-state index contributed by atoms with van der Waals surface area (Å²) in [6, 6.07) is 6.08. The van der Waals surface area contributed by atoms with E-state index in [2.05, 4.69) is 34.3 Å². The maximum atomic E-state index is 5.94. The monoisotopic (exact) mass is 293 g/mol. The van der Waals surface area contributed by atoms with Gasteiger partial charge in [0, 0.05) is 39.3 Å². The van der Waals surface area contributed by atoms with Crippen LogP contribution in [0.15, 0.2) is 18.2 Å².